The van der Waals surface area contributed by atoms with Crippen LogP contribution >= 0.6 is 0 Å². The molecule has 0 saturated heterocycles. The highest BCUT2D eigenvalue weighted by atomic mass is 16.5. The summed E-state index contributed by atoms with van der Waals surface area (Å²) < 4.78 is 10.5. The Labute approximate surface area is 98.2 Å². The summed E-state index contributed by atoms with van der Waals surface area (Å²) in [5.74, 6) is 1.03. The molecule has 0 saturated carbocycles. The Balaban J connectivity index is 2.27. The molecule has 0 aromatic carbocycles. The monoisotopic (exact) mass is 225 g/mol. The molecule has 0 unspecified atom stereocenters. The molecule has 92 valence electrons. The summed E-state index contributed by atoms with van der Waals surface area (Å²) in [5, 5.41) is 3.43. The Kier molecular flexibility index (Phi) is 5.03. The minimum Gasteiger partial charge on any atom is -0.468 e. The van der Waals surface area contributed by atoms with Gasteiger partial charge in [-0.05, 0) is 30.4 Å². The fourth-order valence-corrected chi connectivity index (χ4v) is 1.57. The predicted molar refractivity (Wildman–Crippen MR) is 65.4 cm³/mol. The van der Waals surface area contributed by atoms with Gasteiger partial charge in [0.1, 0.15) is 5.76 Å². The van der Waals surface area contributed by atoms with Gasteiger partial charge in [0.25, 0.3) is 0 Å². The quantitative estimate of drug-likeness (QED) is 0.775. The summed E-state index contributed by atoms with van der Waals surface area (Å²) in [6, 6.07) is 1.99. The second-order valence-corrected chi connectivity index (χ2v) is 5.04. The predicted octanol–water partition coefficient (Wildman–Crippen LogP) is 2.74. The maximum atomic E-state index is 5.37. The van der Waals surface area contributed by atoms with Crippen LogP contribution in [0.15, 0.2) is 16.7 Å². The van der Waals surface area contributed by atoms with Crippen LogP contribution < -0.4 is 5.32 Å². The van der Waals surface area contributed by atoms with E-state index in [4.69, 9.17) is 9.15 Å². The molecule has 0 radical (unpaired) electrons. The van der Waals surface area contributed by atoms with E-state index in [0.29, 0.717) is 0 Å². The van der Waals surface area contributed by atoms with Gasteiger partial charge in [0, 0.05) is 20.3 Å². The van der Waals surface area contributed by atoms with Gasteiger partial charge in [0.05, 0.1) is 12.8 Å². The smallest absolute Gasteiger partial charge is 0.120 e. The third-order valence-corrected chi connectivity index (χ3v) is 2.84. The van der Waals surface area contributed by atoms with Crippen LogP contribution in [0.3, 0.4) is 0 Å². The first kappa shape index (κ1) is 13.3. The van der Waals surface area contributed by atoms with E-state index in [0.717, 1.165) is 31.9 Å². The number of hydrogen-bond donors (Lipinski definition) is 1. The number of nitrogens with one attached hydrogen (secondary N) is 1. The summed E-state index contributed by atoms with van der Waals surface area (Å²) in [7, 11) is 1.75. The summed E-state index contributed by atoms with van der Waals surface area (Å²) in [4.78, 5) is 0. The van der Waals surface area contributed by atoms with E-state index in [1.807, 2.05) is 6.07 Å². The van der Waals surface area contributed by atoms with Crippen LogP contribution in [0.25, 0.3) is 0 Å². The number of hydrogen-bond acceptors (Lipinski definition) is 3. The van der Waals surface area contributed by atoms with E-state index >= 15 is 0 Å². The van der Waals surface area contributed by atoms with Crippen molar-refractivity contribution in [3.63, 3.8) is 0 Å². The molecule has 0 aliphatic carbocycles. The zero-order valence-electron chi connectivity index (χ0n) is 10.8. The van der Waals surface area contributed by atoms with Crippen molar-refractivity contribution in [1.82, 2.24) is 5.32 Å². The van der Waals surface area contributed by atoms with E-state index < -0.39 is 0 Å². The summed E-state index contributed by atoms with van der Waals surface area (Å²) in [6.07, 6.45) is 2.80. The molecule has 0 atom stereocenters. The average molecular weight is 225 g/mol. The van der Waals surface area contributed by atoms with E-state index in [1.165, 1.54) is 5.56 Å². The van der Waals surface area contributed by atoms with E-state index in [2.05, 4.69) is 26.1 Å². The molecule has 0 bridgehead atoms. The highest BCUT2D eigenvalue weighted by Gasteiger charge is 2.17. The van der Waals surface area contributed by atoms with Gasteiger partial charge in [-0.3, -0.25) is 0 Å². The molecule has 1 heterocycles. The SMILES string of the molecule is COCCC(C)(C)CNCc1occc1C. The molecule has 0 fully saturated rings. The average Bonchev–Trinajstić information content (AvgIpc) is 2.62. The third-order valence-electron chi connectivity index (χ3n) is 2.84. The Morgan fingerprint density at radius 2 is 2.19 bits per heavy atom. The first-order chi connectivity index (χ1) is 7.55. The van der Waals surface area contributed by atoms with Gasteiger partial charge in [0.15, 0.2) is 0 Å². The molecule has 1 N–H and O–H groups in total. The van der Waals surface area contributed by atoms with Gasteiger partial charge < -0.3 is 14.5 Å². The molecule has 16 heavy (non-hydrogen) atoms. The number of rotatable bonds is 7. The van der Waals surface area contributed by atoms with Crippen molar-refractivity contribution in [2.24, 2.45) is 5.41 Å². The third kappa shape index (κ3) is 4.37. The van der Waals surface area contributed by atoms with Crippen molar-refractivity contribution in [2.45, 2.75) is 33.7 Å². The topological polar surface area (TPSA) is 34.4 Å². The minimum atomic E-state index is 0.260. The fourth-order valence-electron chi connectivity index (χ4n) is 1.57. The van der Waals surface area contributed by atoms with Crippen molar-refractivity contribution < 1.29 is 9.15 Å². The van der Waals surface area contributed by atoms with Crippen LogP contribution in [-0.4, -0.2) is 20.3 Å². The molecular weight excluding hydrogens is 202 g/mol. The molecule has 3 heteroatoms. The Hall–Kier alpha value is -0.800. The van der Waals surface area contributed by atoms with Gasteiger partial charge in [-0.2, -0.15) is 0 Å². The van der Waals surface area contributed by atoms with Crippen LogP contribution in [0.5, 0.6) is 0 Å². The van der Waals surface area contributed by atoms with Crippen molar-refractivity contribution in [3.05, 3.63) is 23.7 Å². The lowest BCUT2D eigenvalue weighted by atomic mass is 9.90. The molecule has 0 aliphatic heterocycles. The lowest BCUT2D eigenvalue weighted by Gasteiger charge is -2.24. The van der Waals surface area contributed by atoms with Crippen LogP contribution in [0.4, 0.5) is 0 Å². The van der Waals surface area contributed by atoms with Gasteiger partial charge in [-0.25, -0.2) is 0 Å². The van der Waals surface area contributed by atoms with E-state index in [1.54, 1.807) is 13.4 Å². The largest absolute Gasteiger partial charge is 0.468 e. The standard InChI is InChI=1S/C13H23NO2/c1-11-5-7-16-12(11)9-14-10-13(2,3)6-8-15-4/h5,7,14H,6,8-10H2,1-4H3. The molecule has 0 amide bonds. The minimum absolute atomic E-state index is 0.260. The summed E-state index contributed by atoms with van der Waals surface area (Å²) in [5.41, 5.74) is 1.47. The zero-order chi connectivity index (χ0) is 12.0. The molecule has 0 spiro atoms. The van der Waals surface area contributed by atoms with E-state index in [9.17, 15) is 0 Å². The van der Waals surface area contributed by atoms with Crippen molar-refractivity contribution in [2.75, 3.05) is 20.3 Å². The van der Waals surface area contributed by atoms with Crippen molar-refractivity contribution >= 4 is 0 Å². The lowest BCUT2D eigenvalue weighted by molar-refractivity contribution is 0.150. The van der Waals surface area contributed by atoms with Gasteiger partial charge in [-0.1, -0.05) is 13.8 Å². The van der Waals surface area contributed by atoms with Gasteiger partial charge >= 0.3 is 0 Å². The van der Waals surface area contributed by atoms with Gasteiger partial charge in [0.2, 0.25) is 0 Å². The Morgan fingerprint density at radius 1 is 1.44 bits per heavy atom. The first-order valence-corrected chi connectivity index (χ1v) is 5.78. The van der Waals surface area contributed by atoms with Crippen LogP contribution in [0.1, 0.15) is 31.6 Å². The van der Waals surface area contributed by atoms with Crippen LogP contribution in [0.2, 0.25) is 0 Å². The highest BCUT2D eigenvalue weighted by molar-refractivity contribution is 5.14. The van der Waals surface area contributed by atoms with E-state index in [-0.39, 0.29) is 5.41 Å². The molecule has 3 nitrogen and oxygen atoms in total. The van der Waals surface area contributed by atoms with Crippen molar-refractivity contribution in [1.29, 1.82) is 0 Å². The molecular formula is C13H23NO2. The second kappa shape index (κ2) is 6.06. The Bertz CT molecular complexity index is 305. The molecule has 1 aromatic rings. The summed E-state index contributed by atoms with van der Waals surface area (Å²) >= 11 is 0. The van der Waals surface area contributed by atoms with Crippen LogP contribution in [-0.2, 0) is 11.3 Å². The maximum absolute atomic E-state index is 5.37. The Morgan fingerprint density at radius 3 is 2.75 bits per heavy atom. The normalized spacial score (nSPS) is 12.0. The second-order valence-electron chi connectivity index (χ2n) is 5.04. The van der Waals surface area contributed by atoms with Gasteiger partial charge in [-0.15, -0.1) is 0 Å². The number of methoxy groups -OCH3 is 1. The number of ether oxygens (including phenoxy) is 1. The molecule has 1 aromatic heterocycles. The molecule has 0 aliphatic rings. The lowest BCUT2D eigenvalue weighted by Crippen LogP contribution is -2.30. The highest BCUT2D eigenvalue weighted by Crippen LogP contribution is 2.19. The van der Waals surface area contributed by atoms with Crippen LogP contribution in [0, 0.1) is 12.3 Å². The zero-order valence-corrected chi connectivity index (χ0v) is 10.8. The number of furan rings is 1. The summed E-state index contributed by atoms with van der Waals surface area (Å²) in [6.45, 7) is 9.14. The number of aryl methyl sites for hydroxylation is 1. The first-order valence-electron chi connectivity index (χ1n) is 5.78. The molecule has 1 rings (SSSR count). The van der Waals surface area contributed by atoms with Crippen molar-refractivity contribution in [3.8, 4) is 0 Å². The fraction of sp³-hybridized carbons (Fsp3) is 0.692. The maximum Gasteiger partial charge on any atom is 0.120 e.